The SMILES string of the molecule is COc1ccc([C@H](Cc2c(Cl)c[n+](O)cc2Cl)c2c(COc3cccc([C@@H](NC(=O)O[C@H]4CN5CCC4CC5)c4ccccc4)c3)cccc2C(=O)O)cc1OC. The van der Waals surface area contributed by atoms with Gasteiger partial charge in [0.05, 0.1) is 25.8 Å². The number of ether oxygens (including phenoxy) is 4. The molecule has 296 valence electrons. The summed E-state index contributed by atoms with van der Waals surface area (Å²) in [6, 6.07) is 27.1. The van der Waals surface area contributed by atoms with E-state index in [1.165, 1.54) is 26.6 Å². The van der Waals surface area contributed by atoms with Gasteiger partial charge < -0.3 is 29.4 Å². The number of methoxy groups -OCH3 is 2. The van der Waals surface area contributed by atoms with Crippen LogP contribution < -0.4 is 24.3 Å². The number of carbonyl (C=O) groups is 2. The molecule has 1 aromatic heterocycles. The zero-order valence-electron chi connectivity index (χ0n) is 31.6. The number of nitrogens with zero attached hydrogens (tertiary/aromatic N) is 2. The number of fused-ring (bicyclic) bond motifs is 3. The van der Waals surface area contributed by atoms with Gasteiger partial charge in [0.2, 0.25) is 12.4 Å². The second-order valence-electron chi connectivity index (χ2n) is 14.3. The van der Waals surface area contributed by atoms with Gasteiger partial charge in [-0.15, -0.1) is 0 Å². The molecule has 1 amide bonds. The fourth-order valence-corrected chi connectivity index (χ4v) is 8.62. The summed E-state index contributed by atoms with van der Waals surface area (Å²) >= 11 is 13.3. The molecule has 5 aromatic rings. The first-order valence-electron chi connectivity index (χ1n) is 18.7. The Morgan fingerprint density at radius 3 is 2.23 bits per heavy atom. The maximum Gasteiger partial charge on any atom is 0.408 e. The zero-order chi connectivity index (χ0) is 40.1. The Morgan fingerprint density at radius 1 is 0.860 bits per heavy atom. The summed E-state index contributed by atoms with van der Waals surface area (Å²) < 4.78 is 24.4. The minimum atomic E-state index is -1.13. The number of aromatic carboxylic acids is 1. The summed E-state index contributed by atoms with van der Waals surface area (Å²) in [7, 11) is 3.06. The Morgan fingerprint density at radius 2 is 1.56 bits per heavy atom. The van der Waals surface area contributed by atoms with Gasteiger partial charge in [-0.3, -0.25) is 10.1 Å². The first kappa shape index (κ1) is 39.7. The molecule has 11 nitrogen and oxygen atoms in total. The highest BCUT2D eigenvalue weighted by molar-refractivity contribution is 6.35. The van der Waals surface area contributed by atoms with Crippen molar-refractivity contribution in [1.29, 1.82) is 0 Å². The van der Waals surface area contributed by atoms with Gasteiger partial charge >= 0.3 is 12.1 Å². The number of carboxylic acids is 1. The summed E-state index contributed by atoms with van der Waals surface area (Å²) in [6.45, 7) is 2.85. The highest BCUT2D eigenvalue weighted by Gasteiger charge is 2.37. The first-order chi connectivity index (χ1) is 27.6. The van der Waals surface area contributed by atoms with Crippen LogP contribution in [0.3, 0.4) is 0 Å². The normalized spacial score (nSPS) is 18.3. The quantitative estimate of drug-likeness (QED) is 0.0753. The largest absolute Gasteiger partial charge is 0.493 e. The van der Waals surface area contributed by atoms with E-state index in [4.69, 9.17) is 42.1 Å². The summed E-state index contributed by atoms with van der Waals surface area (Å²) in [5.41, 5.74) is 4.04. The van der Waals surface area contributed by atoms with E-state index in [2.05, 4.69) is 10.2 Å². The second kappa shape index (κ2) is 17.8. The average Bonchev–Trinajstić information content (AvgIpc) is 3.22. The van der Waals surface area contributed by atoms with Gasteiger partial charge in [-0.25, -0.2) is 9.59 Å². The molecule has 3 fully saturated rings. The van der Waals surface area contributed by atoms with Crippen molar-refractivity contribution < 1.29 is 43.6 Å². The van der Waals surface area contributed by atoms with Crippen molar-refractivity contribution in [3.8, 4) is 17.2 Å². The van der Waals surface area contributed by atoms with Crippen molar-refractivity contribution in [3.63, 3.8) is 0 Å². The third kappa shape index (κ3) is 9.06. The fraction of sp³-hybridized carbons (Fsp3) is 0.295. The molecule has 0 radical (unpaired) electrons. The molecule has 13 heteroatoms. The Balaban J connectivity index is 1.21. The molecule has 0 aliphatic carbocycles. The fourth-order valence-electron chi connectivity index (χ4n) is 8.01. The molecule has 0 saturated carbocycles. The van der Waals surface area contributed by atoms with Crippen molar-refractivity contribution in [2.24, 2.45) is 5.92 Å². The maximum atomic E-state index is 13.4. The van der Waals surface area contributed by atoms with E-state index in [0.717, 1.165) is 48.3 Å². The van der Waals surface area contributed by atoms with Gasteiger partial charge in [0.1, 0.15) is 28.5 Å². The molecular weight excluding hydrogens is 769 g/mol. The molecule has 3 atom stereocenters. The van der Waals surface area contributed by atoms with Crippen molar-refractivity contribution >= 4 is 35.3 Å². The minimum Gasteiger partial charge on any atom is -0.493 e. The van der Waals surface area contributed by atoms with E-state index >= 15 is 0 Å². The Kier molecular flexibility index (Phi) is 12.4. The number of hydrogen-bond acceptors (Lipinski definition) is 8. The molecular formula is C44H44Cl2N3O8+. The van der Waals surface area contributed by atoms with Gasteiger partial charge in [0.25, 0.3) is 0 Å². The predicted molar refractivity (Wildman–Crippen MR) is 214 cm³/mol. The lowest BCUT2D eigenvalue weighted by molar-refractivity contribution is -0.904. The zero-order valence-corrected chi connectivity index (χ0v) is 33.1. The molecule has 8 rings (SSSR count). The summed E-state index contributed by atoms with van der Waals surface area (Å²) in [5, 5.41) is 24.2. The van der Waals surface area contributed by atoms with Crippen LogP contribution in [0.1, 0.15) is 68.5 Å². The van der Waals surface area contributed by atoms with E-state index < -0.39 is 24.0 Å². The van der Waals surface area contributed by atoms with Crippen LogP contribution in [0.25, 0.3) is 0 Å². The van der Waals surface area contributed by atoms with E-state index in [1.54, 1.807) is 24.3 Å². The van der Waals surface area contributed by atoms with Gasteiger partial charge in [0.15, 0.2) is 11.5 Å². The van der Waals surface area contributed by atoms with Crippen LogP contribution in [0.15, 0.2) is 103 Å². The number of rotatable bonds is 14. The van der Waals surface area contributed by atoms with Gasteiger partial charge in [-0.05, 0) is 96.4 Å². The number of benzene rings is 4. The lowest BCUT2D eigenvalue weighted by Crippen LogP contribution is -2.52. The standard InChI is InChI=1S/C44H43Cl2N3O8/c1-54-38-15-14-29(21-39(38)55-2)34(22-35-36(45)23-49(53)24-37(35)46)41-31(11-7-13-33(41)43(50)51)26-56-32-12-6-10-30(20-32)42(28-8-4-3-5-9-28)47-44(52)57-40-25-48-18-16-27(40)17-19-48/h3-15,20-21,23-24,27,34,40,42H,16-19,22,25-26H2,1-2H3,(H2-,47,50,51,52,53)/p+1/t34-,40-,42-/m0/s1. The summed E-state index contributed by atoms with van der Waals surface area (Å²) in [5.74, 6) is 0.0902. The van der Waals surface area contributed by atoms with Crippen LogP contribution in [0.4, 0.5) is 4.79 Å². The van der Waals surface area contributed by atoms with Crippen molar-refractivity contribution in [2.45, 2.75) is 43.9 Å². The molecule has 3 saturated heterocycles. The van der Waals surface area contributed by atoms with Crippen LogP contribution in [0, 0.1) is 5.92 Å². The predicted octanol–water partition coefficient (Wildman–Crippen LogP) is 8.10. The average molecular weight is 814 g/mol. The number of alkyl carbamates (subject to hydrolysis) is 1. The Hall–Kier alpha value is -5.49. The summed E-state index contributed by atoms with van der Waals surface area (Å²) in [4.78, 5) is 28.7. The highest BCUT2D eigenvalue weighted by atomic mass is 35.5. The number of halogens is 2. The van der Waals surface area contributed by atoms with Crippen molar-refractivity contribution in [3.05, 3.63) is 152 Å². The number of pyridine rings is 1. The number of carboxylic acid groups (broad SMARTS) is 1. The lowest BCUT2D eigenvalue weighted by Gasteiger charge is -2.43. The van der Waals surface area contributed by atoms with Crippen LogP contribution in [0.2, 0.25) is 10.0 Å². The molecule has 0 spiro atoms. The third-order valence-corrected chi connectivity index (χ3v) is 11.5. The second-order valence-corrected chi connectivity index (χ2v) is 15.1. The van der Waals surface area contributed by atoms with E-state index in [-0.39, 0.29) is 34.7 Å². The lowest BCUT2D eigenvalue weighted by atomic mass is 9.81. The summed E-state index contributed by atoms with van der Waals surface area (Å²) in [6.07, 6.45) is 4.26. The van der Waals surface area contributed by atoms with Crippen LogP contribution in [-0.4, -0.2) is 67.2 Å². The van der Waals surface area contributed by atoms with Gasteiger partial charge in [-0.2, -0.15) is 0 Å². The van der Waals surface area contributed by atoms with Gasteiger partial charge in [0, 0.05) is 22.8 Å². The van der Waals surface area contributed by atoms with E-state index in [9.17, 15) is 19.9 Å². The van der Waals surface area contributed by atoms with Gasteiger partial charge in [-0.1, -0.05) is 83.9 Å². The minimum absolute atomic E-state index is 0.00162. The van der Waals surface area contributed by atoms with Crippen molar-refractivity contribution in [1.82, 2.24) is 10.2 Å². The number of aromatic nitrogens is 1. The van der Waals surface area contributed by atoms with Crippen LogP contribution >= 0.6 is 23.2 Å². The Bertz CT molecular complexity index is 2210. The number of amides is 1. The molecule has 4 aromatic carbocycles. The number of hydrogen-bond donors (Lipinski definition) is 3. The van der Waals surface area contributed by atoms with Crippen molar-refractivity contribution in [2.75, 3.05) is 33.9 Å². The molecule has 3 aliphatic heterocycles. The maximum absolute atomic E-state index is 13.4. The van der Waals surface area contributed by atoms with Crippen LogP contribution in [-0.2, 0) is 17.8 Å². The first-order valence-corrected chi connectivity index (χ1v) is 19.5. The molecule has 3 N–H and O–H groups in total. The topological polar surface area (TPSA) is 131 Å². The Labute approximate surface area is 341 Å². The molecule has 2 bridgehead atoms. The molecule has 57 heavy (non-hydrogen) atoms. The van der Waals surface area contributed by atoms with E-state index in [1.807, 2.05) is 66.7 Å². The van der Waals surface area contributed by atoms with Crippen LogP contribution in [0.5, 0.6) is 17.2 Å². The number of carbonyl (C=O) groups excluding carboxylic acids is 1. The molecule has 4 heterocycles. The smallest absolute Gasteiger partial charge is 0.408 e. The molecule has 3 aliphatic rings. The number of piperidine rings is 3. The highest BCUT2D eigenvalue weighted by Crippen LogP contribution is 2.40. The molecule has 0 unspecified atom stereocenters. The third-order valence-electron chi connectivity index (χ3n) is 10.9. The monoisotopic (exact) mass is 812 g/mol. The van der Waals surface area contributed by atoms with E-state index in [0.29, 0.717) is 45.4 Å². The number of nitrogens with one attached hydrogen (secondary N) is 1.